The predicted molar refractivity (Wildman–Crippen MR) is 118 cm³/mol. The summed E-state index contributed by atoms with van der Waals surface area (Å²) in [4.78, 5) is 11.3. The van der Waals surface area contributed by atoms with Crippen LogP contribution in [0.1, 0.15) is 71.8 Å². The molecular weight excluding hydrogens is 348 g/mol. The van der Waals surface area contributed by atoms with Crippen molar-refractivity contribution in [2.45, 2.75) is 53.4 Å². The van der Waals surface area contributed by atoms with Gasteiger partial charge in [0.25, 0.3) is 0 Å². The second kappa shape index (κ2) is 8.18. The summed E-state index contributed by atoms with van der Waals surface area (Å²) < 4.78 is 0. The minimum absolute atomic E-state index is 0.416. The van der Waals surface area contributed by atoms with E-state index in [1.54, 1.807) is 11.3 Å². The summed E-state index contributed by atoms with van der Waals surface area (Å²) in [7, 11) is 0. The van der Waals surface area contributed by atoms with Gasteiger partial charge in [-0.3, -0.25) is 0 Å². The van der Waals surface area contributed by atoms with E-state index in [0.717, 1.165) is 27.7 Å². The Bertz CT molecular complexity index is 904. The molecule has 3 aromatic rings. The van der Waals surface area contributed by atoms with E-state index in [1.807, 2.05) is 6.07 Å². The second-order valence-corrected chi connectivity index (χ2v) is 8.78. The third-order valence-electron chi connectivity index (χ3n) is 4.84. The van der Waals surface area contributed by atoms with Crippen LogP contribution in [-0.2, 0) is 0 Å². The van der Waals surface area contributed by atoms with Crippen LogP contribution in [0.25, 0.3) is 0 Å². The molecule has 0 radical (unpaired) electrons. The lowest BCUT2D eigenvalue weighted by molar-refractivity contribution is 0.834. The Morgan fingerprint density at radius 2 is 1.44 bits per heavy atom. The second-order valence-electron chi connectivity index (χ2n) is 7.58. The number of hydrogen-bond donors (Lipinski definition) is 0. The maximum Gasteiger partial charge on any atom is 0.143 e. The number of nitrogens with zero attached hydrogens (tertiary/aromatic N) is 2. The molecule has 27 heavy (non-hydrogen) atoms. The van der Waals surface area contributed by atoms with Gasteiger partial charge in [-0.05, 0) is 36.8 Å². The van der Waals surface area contributed by atoms with E-state index in [0.29, 0.717) is 11.8 Å². The van der Waals surface area contributed by atoms with E-state index in [1.165, 1.54) is 16.0 Å². The van der Waals surface area contributed by atoms with Gasteiger partial charge in [-0.1, -0.05) is 76.2 Å². The largest absolute Gasteiger partial charge is 0.245 e. The molecule has 0 aliphatic heterocycles. The van der Waals surface area contributed by atoms with E-state index < -0.39 is 0 Å². The van der Waals surface area contributed by atoms with Crippen molar-refractivity contribution in [3.63, 3.8) is 0 Å². The highest BCUT2D eigenvalue weighted by Gasteiger charge is 2.18. The molecule has 3 heteroatoms. The first-order chi connectivity index (χ1) is 12.9. The van der Waals surface area contributed by atoms with Crippen LogP contribution in [-0.4, -0.2) is 10.7 Å². The fourth-order valence-electron chi connectivity index (χ4n) is 3.16. The molecule has 0 aliphatic carbocycles. The molecule has 0 fully saturated rings. The number of thiazole rings is 1. The zero-order valence-corrected chi connectivity index (χ0v) is 17.9. The maximum atomic E-state index is 5.26. The summed E-state index contributed by atoms with van der Waals surface area (Å²) in [6.07, 6.45) is 0. The monoisotopic (exact) mass is 376 g/mol. The van der Waals surface area contributed by atoms with E-state index >= 15 is 0 Å². The zero-order chi connectivity index (χ0) is 19.6. The Balaban J connectivity index is 2.29. The van der Waals surface area contributed by atoms with E-state index in [9.17, 15) is 0 Å². The minimum atomic E-state index is 0.416. The molecule has 2 nitrogen and oxygen atoms in total. The smallest absolute Gasteiger partial charge is 0.143 e. The number of aryl methyl sites for hydroxylation is 2. The lowest BCUT2D eigenvalue weighted by atomic mass is 9.92. The van der Waals surface area contributed by atoms with Crippen LogP contribution in [0.15, 0.2) is 53.5 Å². The highest BCUT2D eigenvalue weighted by atomic mass is 32.1. The standard InChI is InChI=1S/C24H28N2S/c1-15(2)20-13-10-14-21(16(3)4)23(20)26-22(19-11-8-7-9-12-19)24-25-17(5)18(6)27-24/h7-16H,1-6H3. The maximum absolute atomic E-state index is 5.26. The predicted octanol–water partition coefficient (Wildman–Crippen LogP) is 7.18. The van der Waals surface area contributed by atoms with Crippen LogP contribution in [0.2, 0.25) is 0 Å². The van der Waals surface area contributed by atoms with E-state index in [4.69, 9.17) is 9.98 Å². The van der Waals surface area contributed by atoms with Crippen molar-refractivity contribution in [2.75, 3.05) is 0 Å². The van der Waals surface area contributed by atoms with Gasteiger partial charge in [0.2, 0.25) is 0 Å². The summed E-state index contributed by atoms with van der Waals surface area (Å²) in [5.74, 6) is 0.832. The van der Waals surface area contributed by atoms with Crippen LogP contribution in [0.3, 0.4) is 0 Å². The summed E-state index contributed by atoms with van der Waals surface area (Å²) in [6.45, 7) is 13.1. The van der Waals surface area contributed by atoms with Crippen molar-refractivity contribution in [1.82, 2.24) is 4.98 Å². The van der Waals surface area contributed by atoms with Crippen LogP contribution in [0, 0.1) is 13.8 Å². The number of aromatic nitrogens is 1. The van der Waals surface area contributed by atoms with Crippen LogP contribution < -0.4 is 0 Å². The van der Waals surface area contributed by atoms with Crippen molar-refractivity contribution < 1.29 is 0 Å². The Hall–Kier alpha value is -2.26. The number of rotatable bonds is 5. The molecule has 1 aromatic heterocycles. The molecule has 0 saturated heterocycles. The van der Waals surface area contributed by atoms with Crippen molar-refractivity contribution in [3.8, 4) is 0 Å². The molecule has 0 bridgehead atoms. The average Bonchev–Trinajstić information content (AvgIpc) is 2.98. The highest BCUT2D eigenvalue weighted by molar-refractivity contribution is 7.14. The third-order valence-corrected chi connectivity index (χ3v) is 5.92. The lowest BCUT2D eigenvalue weighted by Crippen LogP contribution is -2.04. The Kier molecular flexibility index (Phi) is 5.91. The summed E-state index contributed by atoms with van der Waals surface area (Å²) in [5, 5.41) is 0.990. The van der Waals surface area contributed by atoms with E-state index in [-0.39, 0.29) is 0 Å². The van der Waals surface area contributed by atoms with Crippen LogP contribution in [0.4, 0.5) is 5.69 Å². The summed E-state index contributed by atoms with van der Waals surface area (Å²) in [5.41, 5.74) is 6.84. The van der Waals surface area contributed by atoms with Crippen LogP contribution >= 0.6 is 11.3 Å². The molecule has 0 amide bonds. The fraction of sp³-hybridized carbons (Fsp3) is 0.333. The molecule has 1 heterocycles. The average molecular weight is 377 g/mol. The Labute approximate surface area is 167 Å². The molecule has 2 aromatic carbocycles. The SMILES string of the molecule is Cc1nc(C(=Nc2c(C(C)C)cccc2C(C)C)c2ccccc2)sc1C. The lowest BCUT2D eigenvalue weighted by Gasteiger charge is -2.17. The minimum Gasteiger partial charge on any atom is -0.245 e. The molecular formula is C24H28N2S. The van der Waals surface area contributed by atoms with Crippen molar-refractivity contribution in [2.24, 2.45) is 4.99 Å². The van der Waals surface area contributed by atoms with Crippen molar-refractivity contribution in [3.05, 3.63) is 80.8 Å². The van der Waals surface area contributed by atoms with Gasteiger partial charge in [0.15, 0.2) is 0 Å². The topological polar surface area (TPSA) is 25.2 Å². The van der Waals surface area contributed by atoms with Gasteiger partial charge in [0, 0.05) is 10.4 Å². The first kappa shape index (κ1) is 19.5. The normalized spacial score (nSPS) is 12.2. The quantitative estimate of drug-likeness (QED) is 0.433. The molecule has 0 atom stereocenters. The van der Waals surface area contributed by atoms with Gasteiger partial charge in [0.05, 0.1) is 11.4 Å². The molecule has 3 rings (SSSR count). The zero-order valence-electron chi connectivity index (χ0n) is 17.1. The number of aliphatic imine (C=N–C) groups is 1. The molecule has 0 unspecified atom stereocenters. The van der Waals surface area contributed by atoms with Gasteiger partial charge in [-0.15, -0.1) is 11.3 Å². The number of hydrogen-bond acceptors (Lipinski definition) is 3. The molecule has 0 saturated carbocycles. The first-order valence-corrected chi connectivity index (χ1v) is 10.4. The molecule has 0 N–H and O–H groups in total. The highest BCUT2D eigenvalue weighted by Crippen LogP contribution is 2.36. The summed E-state index contributed by atoms with van der Waals surface area (Å²) in [6, 6.07) is 17.0. The van der Waals surface area contributed by atoms with Gasteiger partial charge in [0.1, 0.15) is 10.7 Å². The van der Waals surface area contributed by atoms with Gasteiger partial charge >= 0.3 is 0 Å². The number of benzene rings is 2. The fourth-order valence-corrected chi connectivity index (χ4v) is 4.08. The van der Waals surface area contributed by atoms with E-state index in [2.05, 4.69) is 84.0 Å². The van der Waals surface area contributed by atoms with Crippen molar-refractivity contribution in [1.29, 1.82) is 0 Å². The molecule has 0 spiro atoms. The van der Waals surface area contributed by atoms with Gasteiger partial charge in [-0.25, -0.2) is 9.98 Å². The Morgan fingerprint density at radius 1 is 0.852 bits per heavy atom. The first-order valence-electron chi connectivity index (χ1n) is 9.59. The van der Waals surface area contributed by atoms with Crippen molar-refractivity contribution >= 4 is 22.7 Å². The molecule has 140 valence electrons. The number of para-hydroxylation sites is 1. The van der Waals surface area contributed by atoms with Gasteiger partial charge in [-0.2, -0.15) is 0 Å². The third kappa shape index (κ3) is 4.19. The van der Waals surface area contributed by atoms with Crippen LogP contribution in [0.5, 0.6) is 0 Å². The van der Waals surface area contributed by atoms with Gasteiger partial charge < -0.3 is 0 Å². The Morgan fingerprint density at radius 3 is 1.93 bits per heavy atom. The summed E-state index contributed by atoms with van der Waals surface area (Å²) >= 11 is 1.72. The molecule has 0 aliphatic rings.